The molecule has 1 aromatic rings. The number of carbonyl (C=O) groups is 1. The molecule has 1 aromatic carbocycles. The molecule has 1 heterocycles. The summed E-state index contributed by atoms with van der Waals surface area (Å²) in [6, 6.07) is 4.91. The van der Waals surface area contributed by atoms with Gasteiger partial charge in [-0.25, -0.2) is 9.18 Å². The van der Waals surface area contributed by atoms with Gasteiger partial charge in [0.15, 0.2) is 0 Å². The zero-order valence-corrected chi connectivity index (χ0v) is 8.67. The van der Waals surface area contributed by atoms with Gasteiger partial charge >= 0.3 is 6.09 Å². The molecule has 1 atom stereocenters. The second-order valence-electron chi connectivity index (χ2n) is 2.92. The third kappa shape index (κ3) is 1.59. The molecule has 1 aliphatic rings. The Balaban J connectivity index is 2.32. The van der Waals surface area contributed by atoms with Crippen molar-refractivity contribution in [1.82, 2.24) is 5.32 Å². The number of ether oxygens (including phenoxy) is 1. The molecule has 0 spiro atoms. The largest absolute Gasteiger partial charge is 0.439 e. The van der Waals surface area contributed by atoms with Gasteiger partial charge < -0.3 is 10.1 Å². The van der Waals surface area contributed by atoms with E-state index in [2.05, 4.69) is 21.2 Å². The van der Waals surface area contributed by atoms with E-state index >= 15 is 0 Å². The van der Waals surface area contributed by atoms with E-state index in [1.165, 1.54) is 0 Å². The van der Waals surface area contributed by atoms with Crippen LogP contribution in [0.4, 0.5) is 9.18 Å². The van der Waals surface area contributed by atoms with Crippen LogP contribution in [0.25, 0.3) is 0 Å². The standard InChI is InChI=1S/C9H7BrFNO2/c10-6-3-1-2-5(8(6)11)7-4-12-9(13)14-7/h1-3,7H,4H2,(H,12,13). The molecular formula is C9H7BrFNO2. The highest BCUT2D eigenvalue weighted by molar-refractivity contribution is 9.10. The molecule has 1 fully saturated rings. The Bertz CT molecular complexity index is 383. The number of benzene rings is 1. The fourth-order valence-corrected chi connectivity index (χ4v) is 1.71. The lowest BCUT2D eigenvalue weighted by Crippen LogP contribution is -2.12. The molecule has 0 aliphatic carbocycles. The summed E-state index contributed by atoms with van der Waals surface area (Å²) in [5, 5.41) is 2.47. The van der Waals surface area contributed by atoms with E-state index in [4.69, 9.17) is 4.74 Å². The molecule has 0 aromatic heterocycles. The first-order valence-corrected chi connectivity index (χ1v) is 4.86. The fraction of sp³-hybridized carbons (Fsp3) is 0.222. The first-order valence-electron chi connectivity index (χ1n) is 4.07. The Hall–Kier alpha value is -1.10. The molecule has 1 aliphatic heterocycles. The number of nitrogens with one attached hydrogen (secondary N) is 1. The monoisotopic (exact) mass is 259 g/mol. The van der Waals surface area contributed by atoms with Gasteiger partial charge in [0.1, 0.15) is 11.9 Å². The topological polar surface area (TPSA) is 38.3 Å². The van der Waals surface area contributed by atoms with Crippen molar-refractivity contribution in [2.75, 3.05) is 6.54 Å². The van der Waals surface area contributed by atoms with Crippen LogP contribution in [0.5, 0.6) is 0 Å². The Labute approximate surface area is 88.4 Å². The summed E-state index contributed by atoms with van der Waals surface area (Å²) in [6.07, 6.45) is -1.03. The molecule has 2 rings (SSSR count). The third-order valence-corrected chi connectivity index (χ3v) is 2.62. The first kappa shape index (κ1) is 9.45. The maximum absolute atomic E-state index is 13.5. The van der Waals surface area contributed by atoms with Crippen LogP contribution in [0.3, 0.4) is 0 Å². The second kappa shape index (κ2) is 3.57. The van der Waals surface area contributed by atoms with E-state index in [-0.39, 0.29) is 5.82 Å². The minimum absolute atomic E-state index is 0.312. The Morgan fingerprint density at radius 3 is 3.00 bits per heavy atom. The van der Waals surface area contributed by atoms with Crippen molar-refractivity contribution in [2.45, 2.75) is 6.10 Å². The molecule has 74 valence electrons. The van der Waals surface area contributed by atoms with Crippen LogP contribution < -0.4 is 5.32 Å². The van der Waals surface area contributed by atoms with Gasteiger partial charge in [0.25, 0.3) is 0 Å². The van der Waals surface area contributed by atoms with Gasteiger partial charge in [-0.2, -0.15) is 0 Å². The maximum atomic E-state index is 13.5. The van der Waals surface area contributed by atoms with Crippen LogP contribution in [0.1, 0.15) is 11.7 Å². The summed E-state index contributed by atoms with van der Waals surface area (Å²) >= 11 is 3.07. The lowest BCUT2D eigenvalue weighted by atomic mass is 10.1. The van der Waals surface area contributed by atoms with E-state index in [9.17, 15) is 9.18 Å². The number of hydrogen-bond acceptors (Lipinski definition) is 2. The van der Waals surface area contributed by atoms with Crippen LogP contribution in [-0.2, 0) is 4.74 Å². The number of hydrogen-bond donors (Lipinski definition) is 1. The van der Waals surface area contributed by atoms with Crippen molar-refractivity contribution in [1.29, 1.82) is 0 Å². The number of alkyl carbamates (subject to hydrolysis) is 1. The molecule has 0 bridgehead atoms. The molecule has 1 unspecified atom stereocenters. The van der Waals surface area contributed by atoms with Gasteiger partial charge in [-0.05, 0) is 22.0 Å². The maximum Gasteiger partial charge on any atom is 0.407 e. The van der Waals surface area contributed by atoms with E-state index < -0.39 is 12.2 Å². The molecular weight excluding hydrogens is 253 g/mol. The molecule has 3 nitrogen and oxygen atoms in total. The smallest absolute Gasteiger partial charge is 0.407 e. The Morgan fingerprint density at radius 1 is 1.57 bits per heavy atom. The fourth-order valence-electron chi connectivity index (χ4n) is 1.33. The summed E-state index contributed by atoms with van der Waals surface area (Å²) in [7, 11) is 0. The average molecular weight is 260 g/mol. The van der Waals surface area contributed by atoms with Gasteiger partial charge in [-0.1, -0.05) is 12.1 Å². The van der Waals surface area contributed by atoms with E-state index in [1.807, 2.05) is 0 Å². The highest BCUT2D eigenvalue weighted by atomic mass is 79.9. The Morgan fingerprint density at radius 2 is 2.36 bits per heavy atom. The molecule has 1 saturated heterocycles. The summed E-state index contributed by atoms with van der Waals surface area (Å²) in [6.45, 7) is 0.312. The minimum atomic E-state index is -0.528. The zero-order chi connectivity index (χ0) is 10.1. The third-order valence-electron chi connectivity index (χ3n) is 2.01. The number of halogens is 2. The normalized spacial score (nSPS) is 20.4. The van der Waals surface area contributed by atoms with Gasteiger partial charge in [0.05, 0.1) is 11.0 Å². The van der Waals surface area contributed by atoms with Crippen LogP contribution in [0, 0.1) is 5.82 Å². The van der Waals surface area contributed by atoms with Crippen LogP contribution in [-0.4, -0.2) is 12.6 Å². The molecule has 1 N–H and O–H groups in total. The van der Waals surface area contributed by atoms with E-state index in [0.29, 0.717) is 16.6 Å². The van der Waals surface area contributed by atoms with Gasteiger partial charge in [0.2, 0.25) is 0 Å². The lowest BCUT2D eigenvalue weighted by molar-refractivity contribution is 0.139. The minimum Gasteiger partial charge on any atom is -0.439 e. The molecule has 0 saturated carbocycles. The summed E-state index contributed by atoms with van der Waals surface area (Å²) in [5.74, 6) is -0.381. The van der Waals surface area contributed by atoms with Crippen molar-refractivity contribution in [3.63, 3.8) is 0 Å². The van der Waals surface area contributed by atoms with Crippen LogP contribution in [0.15, 0.2) is 22.7 Å². The SMILES string of the molecule is O=C1NCC(c2cccc(Br)c2F)O1. The number of cyclic esters (lactones) is 1. The van der Waals surface area contributed by atoms with E-state index in [0.717, 1.165) is 0 Å². The average Bonchev–Trinajstić information content (AvgIpc) is 2.57. The predicted octanol–water partition coefficient (Wildman–Crippen LogP) is 2.37. The summed E-state index contributed by atoms with van der Waals surface area (Å²) in [5.41, 5.74) is 0.387. The molecule has 1 amide bonds. The lowest BCUT2D eigenvalue weighted by Gasteiger charge is -2.09. The zero-order valence-electron chi connectivity index (χ0n) is 7.09. The van der Waals surface area contributed by atoms with Crippen molar-refractivity contribution in [3.05, 3.63) is 34.1 Å². The summed E-state index contributed by atoms with van der Waals surface area (Å²) in [4.78, 5) is 10.8. The number of rotatable bonds is 1. The van der Waals surface area contributed by atoms with Crippen molar-refractivity contribution in [2.24, 2.45) is 0 Å². The van der Waals surface area contributed by atoms with Crippen molar-refractivity contribution >= 4 is 22.0 Å². The van der Waals surface area contributed by atoms with Gasteiger partial charge in [-0.15, -0.1) is 0 Å². The van der Waals surface area contributed by atoms with Crippen molar-refractivity contribution < 1.29 is 13.9 Å². The highest BCUT2D eigenvalue weighted by Gasteiger charge is 2.27. The highest BCUT2D eigenvalue weighted by Crippen LogP contribution is 2.27. The second-order valence-corrected chi connectivity index (χ2v) is 3.77. The summed E-state index contributed by atoms with van der Waals surface area (Å²) < 4.78 is 18.8. The van der Waals surface area contributed by atoms with Gasteiger partial charge in [-0.3, -0.25) is 0 Å². The Kier molecular flexibility index (Phi) is 2.41. The van der Waals surface area contributed by atoms with Crippen LogP contribution in [0.2, 0.25) is 0 Å². The first-order chi connectivity index (χ1) is 6.68. The number of carbonyl (C=O) groups excluding carboxylic acids is 1. The van der Waals surface area contributed by atoms with Crippen molar-refractivity contribution in [3.8, 4) is 0 Å². The van der Waals surface area contributed by atoms with Gasteiger partial charge in [0, 0.05) is 5.56 Å². The molecule has 5 heteroatoms. The number of amides is 1. The molecule has 0 radical (unpaired) electrons. The molecule has 14 heavy (non-hydrogen) atoms. The predicted molar refractivity (Wildman–Crippen MR) is 51.3 cm³/mol. The van der Waals surface area contributed by atoms with E-state index in [1.54, 1.807) is 18.2 Å². The van der Waals surface area contributed by atoms with Crippen LogP contribution >= 0.6 is 15.9 Å². The quantitative estimate of drug-likeness (QED) is 0.841.